The van der Waals surface area contributed by atoms with Crippen molar-refractivity contribution in [3.05, 3.63) is 59.5 Å². The van der Waals surface area contributed by atoms with Crippen LogP contribution in [0.3, 0.4) is 0 Å². The van der Waals surface area contributed by atoms with Gasteiger partial charge in [0, 0.05) is 17.9 Å². The van der Waals surface area contributed by atoms with Gasteiger partial charge in [-0.05, 0) is 86.6 Å². The summed E-state index contributed by atoms with van der Waals surface area (Å²) < 4.78 is 73.3. The average molecular weight is 636 g/mol. The van der Waals surface area contributed by atoms with E-state index in [-0.39, 0.29) is 29.1 Å². The molecule has 230 valence electrons. The van der Waals surface area contributed by atoms with Gasteiger partial charge in [-0.1, -0.05) is 30.3 Å². The summed E-state index contributed by atoms with van der Waals surface area (Å²) in [6.07, 6.45) is 4.72. The number of nitrogens with one attached hydrogen (secondary N) is 1. The molecule has 1 saturated heterocycles. The van der Waals surface area contributed by atoms with E-state index in [1.807, 2.05) is 45.0 Å². The van der Waals surface area contributed by atoms with Gasteiger partial charge in [0.05, 0.1) is 11.9 Å². The van der Waals surface area contributed by atoms with Gasteiger partial charge in [-0.2, -0.15) is 21.6 Å². The number of rotatable bonds is 5. The number of halogens is 3. The lowest BCUT2D eigenvalue weighted by atomic mass is 9.65. The molecule has 1 saturated carbocycles. The molecule has 2 heterocycles. The normalized spacial score (nSPS) is 22.0. The maximum Gasteiger partial charge on any atom is 0.534 e. The third-order valence-corrected chi connectivity index (χ3v) is 10.3. The summed E-state index contributed by atoms with van der Waals surface area (Å²) in [6.45, 7) is 6.06. The Balaban J connectivity index is 1.27. The van der Waals surface area contributed by atoms with Crippen LogP contribution in [-0.2, 0) is 14.9 Å². The van der Waals surface area contributed by atoms with E-state index in [1.54, 1.807) is 28.9 Å². The molecule has 0 radical (unpaired) electrons. The van der Waals surface area contributed by atoms with Gasteiger partial charge in [-0.15, -0.1) is 11.8 Å². The second-order valence-corrected chi connectivity index (χ2v) is 14.9. The molecule has 0 unspecified atom stereocenters. The van der Waals surface area contributed by atoms with Crippen LogP contribution in [0.4, 0.5) is 18.0 Å². The number of hydrogen-bond donors (Lipinski definition) is 1. The number of fused-ring (bicyclic) bond motifs is 2. The third-order valence-electron chi connectivity index (χ3n) is 8.13. The van der Waals surface area contributed by atoms with Gasteiger partial charge in [-0.3, -0.25) is 4.90 Å². The number of carbonyl (C=O) groups excluding carboxylic acids is 1. The summed E-state index contributed by atoms with van der Waals surface area (Å²) in [6, 6.07) is 10.8. The molecule has 4 aliphatic rings. The Morgan fingerprint density at radius 2 is 1.60 bits per heavy atom. The largest absolute Gasteiger partial charge is 0.534 e. The van der Waals surface area contributed by atoms with E-state index in [0.717, 1.165) is 59.4 Å². The number of nitrogens with zero attached hydrogens (tertiary/aromatic N) is 2. The number of ether oxygens (including phenoxy) is 1. The van der Waals surface area contributed by atoms with E-state index in [1.165, 1.54) is 6.07 Å². The highest BCUT2D eigenvalue weighted by Gasteiger charge is 2.49. The number of hydrogen-bond acceptors (Lipinski definition) is 7. The van der Waals surface area contributed by atoms with Gasteiger partial charge in [0.15, 0.2) is 0 Å². The first-order valence-electron chi connectivity index (χ1n) is 14.2. The third kappa shape index (κ3) is 5.73. The number of H-pyrrole nitrogens is 1. The lowest BCUT2D eigenvalue weighted by molar-refractivity contribution is -0.0500. The number of thioether (sulfide) groups is 1. The molecule has 2 bridgehead atoms. The van der Waals surface area contributed by atoms with Crippen molar-refractivity contribution in [3.8, 4) is 28.1 Å². The van der Waals surface area contributed by atoms with Gasteiger partial charge in [0.2, 0.25) is 0 Å². The molecular formula is C30H32F3N3O5S2. The van der Waals surface area contributed by atoms with Gasteiger partial charge < -0.3 is 13.9 Å². The summed E-state index contributed by atoms with van der Waals surface area (Å²) in [5, 5.41) is -0.285. The van der Waals surface area contributed by atoms with Crippen LogP contribution in [0.15, 0.2) is 42.6 Å². The zero-order valence-electron chi connectivity index (χ0n) is 23.9. The number of carbonyl (C=O) groups is 1. The molecule has 0 spiro atoms. The first kappa shape index (κ1) is 29.9. The molecule has 43 heavy (non-hydrogen) atoms. The topological polar surface area (TPSA) is 102 Å². The highest BCUT2D eigenvalue weighted by Crippen LogP contribution is 2.55. The fraction of sp³-hybridized carbons (Fsp3) is 0.467. The minimum atomic E-state index is -5.78. The Morgan fingerprint density at radius 3 is 2.23 bits per heavy atom. The van der Waals surface area contributed by atoms with Crippen LogP contribution < -0.4 is 4.18 Å². The SMILES string of the molecule is CC(C)(C)OC(=O)N1CCS[C@H]1c1ncc(-c2ccc(-c3ccc(OS(=O)(=O)C(F)(F)F)c4c3C3CCC4CC3)cc2)[nH]1. The first-order chi connectivity index (χ1) is 20.2. The maximum absolute atomic E-state index is 13.1. The monoisotopic (exact) mass is 635 g/mol. The standard InChI is InChI=1S/C30H32F3N3O5S2/c1-29(2,3)40-28(37)36-14-15-42-27(36)26-34-16-22(35-26)18-6-4-17(5-7-18)21-12-13-23(41-43(38,39)30(31,32)33)25-20-10-8-19(9-11-20)24(21)25/h4-7,12-13,16,19-20,27H,8-11,14-15H2,1-3H3,(H,34,35)/t19?,20?,27-/m0/s1. The molecule has 8 nitrogen and oxygen atoms in total. The van der Waals surface area contributed by atoms with E-state index >= 15 is 0 Å². The van der Waals surface area contributed by atoms with Gasteiger partial charge >= 0.3 is 21.7 Å². The summed E-state index contributed by atoms with van der Waals surface area (Å²) in [5.74, 6) is 1.28. The summed E-state index contributed by atoms with van der Waals surface area (Å²) in [7, 11) is -5.78. The zero-order chi connectivity index (χ0) is 30.7. The molecule has 1 N–H and O–H groups in total. The Bertz CT molecular complexity index is 1640. The van der Waals surface area contributed by atoms with Crippen molar-refractivity contribution < 1.29 is 35.3 Å². The quantitative estimate of drug-likeness (QED) is 0.226. The summed E-state index contributed by atoms with van der Waals surface area (Å²) >= 11 is 1.61. The second-order valence-electron chi connectivity index (χ2n) is 12.1. The van der Waals surface area contributed by atoms with Crippen LogP contribution in [0.1, 0.15) is 80.6 Å². The van der Waals surface area contributed by atoms with Crippen LogP contribution in [-0.4, -0.2) is 52.8 Å². The number of alkyl halides is 3. The van der Waals surface area contributed by atoms with Crippen LogP contribution in [0.25, 0.3) is 22.4 Å². The van der Waals surface area contributed by atoms with Crippen molar-refractivity contribution in [3.63, 3.8) is 0 Å². The predicted octanol–water partition coefficient (Wildman–Crippen LogP) is 7.71. The molecule has 2 fully saturated rings. The van der Waals surface area contributed by atoms with Crippen LogP contribution in [0.5, 0.6) is 5.75 Å². The van der Waals surface area contributed by atoms with E-state index in [9.17, 15) is 26.4 Å². The molecule has 3 aromatic rings. The molecule has 1 amide bonds. The van der Waals surface area contributed by atoms with E-state index in [0.29, 0.717) is 17.9 Å². The van der Waals surface area contributed by atoms with Crippen LogP contribution in [0, 0.1) is 0 Å². The van der Waals surface area contributed by atoms with Crippen LogP contribution in [0.2, 0.25) is 0 Å². The van der Waals surface area contributed by atoms with Gasteiger partial charge in [0.1, 0.15) is 22.5 Å². The Kier molecular flexibility index (Phi) is 7.47. The van der Waals surface area contributed by atoms with E-state index < -0.39 is 21.2 Å². The minimum Gasteiger partial charge on any atom is -0.444 e. The number of imidazole rings is 1. The molecule has 1 aromatic heterocycles. The zero-order valence-corrected chi connectivity index (χ0v) is 25.5. The molecule has 1 aliphatic heterocycles. The Morgan fingerprint density at radius 1 is 0.977 bits per heavy atom. The molecule has 1 atom stereocenters. The van der Waals surface area contributed by atoms with Crippen molar-refractivity contribution in [1.29, 1.82) is 0 Å². The highest BCUT2D eigenvalue weighted by molar-refractivity contribution is 7.99. The summed E-state index contributed by atoms with van der Waals surface area (Å²) in [5.41, 5.74) is -1.24. The van der Waals surface area contributed by atoms with Crippen LogP contribution >= 0.6 is 11.8 Å². The molecular weight excluding hydrogens is 603 g/mol. The highest BCUT2D eigenvalue weighted by atomic mass is 32.2. The molecule has 3 aliphatic carbocycles. The number of amides is 1. The maximum atomic E-state index is 13.1. The van der Waals surface area contributed by atoms with Crippen molar-refractivity contribution in [1.82, 2.24) is 14.9 Å². The molecule has 7 rings (SSSR count). The fourth-order valence-electron chi connectivity index (χ4n) is 6.28. The smallest absolute Gasteiger partial charge is 0.444 e. The lowest BCUT2D eigenvalue weighted by Gasteiger charge is -2.40. The Labute approximate surface area is 252 Å². The Hall–Kier alpha value is -3.19. The first-order valence-corrected chi connectivity index (χ1v) is 16.6. The van der Waals surface area contributed by atoms with Gasteiger partial charge in [-0.25, -0.2) is 9.78 Å². The fourth-order valence-corrected chi connectivity index (χ4v) is 7.93. The van der Waals surface area contributed by atoms with Crippen molar-refractivity contribution in [2.75, 3.05) is 12.3 Å². The number of aromatic amines is 1. The number of aromatic nitrogens is 2. The predicted molar refractivity (Wildman–Crippen MR) is 157 cm³/mol. The average Bonchev–Trinajstić information content (AvgIpc) is 3.63. The lowest BCUT2D eigenvalue weighted by Crippen LogP contribution is -2.36. The minimum absolute atomic E-state index is 0.0465. The number of benzene rings is 2. The van der Waals surface area contributed by atoms with E-state index in [4.69, 9.17) is 4.74 Å². The van der Waals surface area contributed by atoms with Crippen molar-refractivity contribution >= 4 is 28.0 Å². The van der Waals surface area contributed by atoms with E-state index in [2.05, 4.69) is 14.2 Å². The second kappa shape index (κ2) is 10.8. The van der Waals surface area contributed by atoms with Crippen molar-refractivity contribution in [2.24, 2.45) is 0 Å². The van der Waals surface area contributed by atoms with Crippen molar-refractivity contribution in [2.45, 2.75) is 74.8 Å². The molecule has 13 heteroatoms. The van der Waals surface area contributed by atoms with Gasteiger partial charge in [0.25, 0.3) is 0 Å². The summed E-state index contributed by atoms with van der Waals surface area (Å²) in [4.78, 5) is 22.3. The molecule has 2 aromatic carbocycles.